The topological polar surface area (TPSA) is 46.2 Å². The standard InChI is InChI=1S/C16H15F2NO2S/c17-12-8-9-16(14(18)10-12)22(20,21)19-15-7-3-5-11-4-1-2-6-13(11)15/h1-2,4,6,8-10,15,19H,3,5,7H2. The Morgan fingerprint density at radius 2 is 1.86 bits per heavy atom. The highest BCUT2D eigenvalue weighted by atomic mass is 32.2. The number of halogens is 2. The van der Waals surface area contributed by atoms with E-state index in [1.807, 2.05) is 24.3 Å². The lowest BCUT2D eigenvalue weighted by molar-refractivity contribution is 0.500. The predicted octanol–water partition coefficient (Wildman–Crippen LogP) is 3.32. The molecule has 0 amide bonds. The first-order valence-corrected chi connectivity index (χ1v) is 8.51. The van der Waals surface area contributed by atoms with E-state index in [2.05, 4.69) is 4.72 Å². The van der Waals surface area contributed by atoms with Gasteiger partial charge in [-0.1, -0.05) is 24.3 Å². The maximum absolute atomic E-state index is 13.7. The summed E-state index contributed by atoms with van der Waals surface area (Å²) in [6.45, 7) is 0. The third-order valence-electron chi connectivity index (χ3n) is 3.85. The zero-order chi connectivity index (χ0) is 15.7. The molecular formula is C16H15F2NO2S. The third-order valence-corrected chi connectivity index (χ3v) is 5.36. The Hall–Kier alpha value is -1.79. The van der Waals surface area contributed by atoms with E-state index >= 15 is 0 Å². The molecule has 0 spiro atoms. The van der Waals surface area contributed by atoms with E-state index in [1.54, 1.807) is 0 Å². The van der Waals surface area contributed by atoms with Crippen LogP contribution in [0.2, 0.25) is 0 Å². The van der Waals surface area contributed by atoms with Gasteiger partial charge in [0.15, 0.2) is 0 Å². The zero-order valence-corrected chi connectivity index (χ0v) is 12.5. The van der Waals surface area contributed by atoms with Crippen molar-refractivity contribution in [3.05, 3.63) is 65.2 Å². The molecule has 0 radical (unpaired) electrons. The van der Waals surface area contributed by atoms with Gasteiger partial charge >= 0.3 is 0 Å². The van der Waals surface area contributed by atoms with Gasteiger partial charge in [-0.2, -0.15) is 0 Å². The molecular weight excluding hydrogens is 308 g/mol. The van der Waals surface area contributed by atoms with Crippen LogP contribution in [0.3, 0.4) is 0 Å². The van der Waals surface area contributed by atoms with Crippen LogP contribution < -0.4 is 4.72 Å². The minimum atomic E-state index is -4.04. The van der Waals surface area contributed by atoms with Crippen molar-refractivity contribution in [1.29, 1.82) is 0 Å². The predicted molar refractivity (Wildman–Crippen MR) is 78.8 cm³/mol. The molecule has 1 atom stereocenters. The summed E-state index contributed by atoms with van der Waals surface area (Å²) < 4.78 is 53.9. The first kappa shape index (κ1) is 15.1. The Balaban J connectivity index is 1.93. The second-order valence-electron chi connectivity index (χ2n) is 5.34. The molecule has 1 aliphatic rings. The fraction of sp³-hybridized carbons (Fsp3) is 0.250. The number of fused-ring (bicyclic) bond motifs is 1. The van der Waals surface area contributed by atoms with E-state index in [0.717, 1.165) is 36.1 Å². The molecule has 2 aromatic rings. The van der Waals surface area contributed by atoms with Crippen molar-refractivity contribution in [2.24, 2.45) is 0 Å². The number of sulfonamides is 1. The maximum atomic E-state index is 13.7. The van der Waals surface area contributed by atoms with Gasteiger partial charge in [0, 0.05) is 12.1 Å². The van der Waals surface area contributed by atoms with Gasteiger partial charge in [-0.05, 0) is 42.5 Å². The average molecular weight is 323 g/mol. The second kappa shape index (κ2) is 5.78. The van der Waals surface area contributed by atoms with Crippen molar-refractivity contribution >= 4 is 10.0 Å². The molecule has 6 heteroatoms. The van der Waals surface area contributed by atoms with Gasteiger partial charge in [0.05, 0.1) is 0 Å². The van der Waals surface area contributed by atoms with E-state index in [1.165, 1.54) is 0 Å². The van der Waals surface area contributed by atoms with Gasteiger partial charge in [0.1, 0.15) is 16.5 Å². The van der Waals surface area contributed by atoms with Crippen LogP contribution in [-0.4, -0.2) is 8.42 Å². The fourth-order valence-electron chi connectivity index (χ4n) is 2.82. The van der Waals surface area contributed by atoms with Crippen LogP contribution in [-0.2, 0) is 16.4 Å². The summed E-state index contributed by atoms with van der Waals surface area (Å²) in [5.74, 6) is -1.89. The van der Waals surface area contributed by atoms with Crippen LogP contribution in [0.15, 0.2) is 47.4 Å². The quantitative estimate of drug-likeness (QED) is 0.942. The van der Waals surface area contributed by atoms with E-state index in [9.17, 15) is 17.2 Å². The number of benzene rings is 2. The Labute approximate surface area is 128 Å². The van der Waals surface area contributed by atoms with Crippen LogP contribution in [0.25, 0.3) is 0 Å². The summed E-state index contributed by atoms with van der Waals surface area (Å²) in [5.41, 5.74) is 2.01. The van der Waals surface area contributed by atoms with Crippen molar-refractivity contribution in [3.8, 4) is 0 Å². The van der Waals surface area contributed by atoms with E-state index in [0.29, 0.717) is 12.5 Å². The molecule has 22 heavy (non-hydrogen) atoms. The van der Waals surface area contributed by atoms with Crippen LogP contribution in [0.1, 0.15) is 30.0 Å². The van der Waals surface area contributed by atoms with Crippen LogP contribution in [0.5, 0.6) is 0 Å². The normalized spacial score (nSPS) is 18.0. The second-order valence-corrected chi connectivity index (χ2v) is 7.02. The first-order valence-electron chi connectivity index (χ1n) is 7.02. The van der Waals surface area contributed by atoms with Gasteiger partial charge in [0.2, 0.25) is 10.0 Å². The molecule has 1 unspecified atom stereocenters. The van der Waals surface area contributed by atoms with Crippen molar-refractivity contribution in [1.82, 2.24) is 4.72 Å². The van der Waals surface area contributed by atoms with Crippen molar-refractivity contribution in [2.45, 2.75) is 30.2 Å². The summed E-state index contributed by atoms with van der Waals surface area (Å²) in [6.07, 6.45) is 2.41. The highest BCUT2D eigenvalue weighted by molar-refractivity contribution is 7.89. The Bertz CT molecular complexity index is 806. The molecule has 0 aromatic heterocycles. The molecule has 0 saturated carbocycles. The Morgan fingerprint density at radius 1 is 1.09 bits per heavy atom. The van der Waals surface area contributed by atoms with Crippen molar-refractivity contribution in [3.63, 3.8) is 0 Å². The molecule has 0 fully saturated rings. The van der Waals surface area contributed by atoms with E-state index in [-0.39, 0.29) is 6.04 Å². The number of hydrogen-bond acceptors (Lipinski definition) is 2. The molecule has 1 aliphatic carbocycles. The first-order chi connectivity index (χ1) is 10.5. The molecule has 0 aliphatic heterocycles. The Morgan fingerprint density at radius 3 is 2.64 bits per heavy atom. The van der Waals surface area contributed by atoms with Crippen molar-refractivity contribution in [2.75, 3.05) is 0 Å². The van der Waals surface area contributed by atoms with Gasteiger partial charge in [-0.15, -0.1) is 0 Å². The lowest BCUT2D eigenvalue weighted by atomic mass is 9.88. The van der Waals surface area contributed by atoms with Gasteiger partial charge in [0.25, 0.3) is 0 Å². The van der Waals surface area contributed by atoms with Crippen molar-refractivity contribution < 1.29 is 17.2 Å². The minimum absolute atomic E-state index is 0.389. The molecule has 0 heterocycles. The molecule has 3 rings (SSSR count). The van der Waals surface area contributed by atoms with Crippen LogP contribution >= 0.6 is 0 Å². The molecule has 2 aromatic carbocycles. The van der Waals surface area contributed by atoms with E-state index < -0.39 is 26.6 Å². The number of rotatable bonds is 3. The molecule has 116 valence electrons. The molecule has 1 N–H and O–H groups in total. The van der Waals surface area contributed by atoms with Crippen LogP contribution in [0.4, 0.5) is 8.78 Å². The van der Waals surface area contributed by atoms with Gasteiger partial charge in [-0.3, -0.25) is 0 Å². The number of aryl methyl sites for hydroxylation is 1. The maximum Gasteiger partial charge on any atom is 0.244 e. The zero-order valence-electron chi connectivity index (χ0n) is 11.7. The largest absolute Gasteiger partial charge is 0.244 e. The smallest absolute Gasteiger partial charge is 0.207 e. The Kier molecular flexibility index (Phi) is 3.97. The van der Waals surface area contributed by atoms with Crippen LogP contribution in [0, 0.1) is 11.6 Å². The van der Waals surface area contributed by atoms with Gasteiger partial charge in [-0.25, -0.2) is 21.9 Å². The third kappa shape index (κ3) is 2.89. The summed E-state index contributed by atoms with van der Waals surface area (Å²) in [4.78, 5) is -0.531. The summed E-state index contributed by atoms with van der Waals surface area (Å²) in [5, 5.41) is 0. The summed E-state index contributed by atoms with van der Waals surface area (Å²) >= 11 is 0. The molecule has 3 nitrogen and oxygen atoms in total. The lowest BCUT2D eigenvalue weighted by Crippen LogP contribution is -2.31. The lowest BCUT2D eigenvalue weighted by Gasteiger charge is -2.26. The SMILES string of the molecule is O=S(=O)(NC1CCCc2ccccc21)c1ccc(F)cc1F. The highest BCUT2D eigenvalue weighted by Crippen LogP contribution is 2.31. The fourth-order valence-corrected chi connectivity index (χ4v) is 4.13. The van der Waals surface area contributed by atoms with E-state index in [4.69, 9.17) is 0 Å². The minimum Gasteiger partial charge on any atom is -0.207 e. The van der Waals surface area contributed by atoms with Gasteiger partial charge < -0.3 is 0 Å². The summed E-state index contributed by atoms with van der Waals surface area (Å²) in [6, 6.07) is 9.67. The monoisotopic (exact) mass is 323 g/mol. The molecule has 0 saturated heterocycles. The number of nitrogens with one attached hydrogen (secondary N) is 1. The average Bonchev–Trinajstić information content (AvgIpc) is 2.47. The highest BCUT2D eigenvalue weighted by Gasteiger charge is 2.27. The summed E-state index contributed by atoms with van der Waals surface area (Å²) in [7, 11) is -4.04. The molecule has 0 bridgehead atoms. The number of hydrogen-bond donors (Lipinski definition) is 1.